The average molecular weight is 181 g/mol. The van der Waals surface area contributed by atoms with E-state index >= 15 is 0 Å². The van der Waals surface area contributed by atoms with Crippen LogP contribution in [0.5, 0.6) is 0 Å². The second-order valence-corrected chi connectivity index (χ2v) is 3.18. The van der Waals surface area contributed by atoms with Gasteiger partial charge in [-0.25, -0.2) is 0 Å². The molecule has 2 rings (SSSR count). The maximum absolute atomic E-state index is 5.89. The van der Waals surface area contributed by atoms with Crippen molar-refractivity contribution in [2.45, 2.75) is 13.0 Å². The molecule has 0 bridgehead atoms. The van der Waals surface area contributed by atoms with E-state index in [9.17, 15) is 0 Å². The van der Waals surface area contributed by atoms with E-state index in [1.807, 2.05) is 31.2 Å². The number of nitrogens with one attached hydrogen (secondary N) is 1. The Morgan fingerprint density at radius 3 is 3.17 bits per heavy atom. The van der Waals surface area contributed by atoms with E-state index in [1.54, 1.807) is 0 Å². The van der Waals surface area contributed by atoms with Crippen LogP contribution in [-0.2, 0) is 0 Å². The summed E-state index contributed by atoms with van der Waals surface area (Å²) in [6.07, 6.45) is 7.99. The third-order valence-corrected chi connectivity index (χ3v) is 2.28. The number of halogens is 1. The molecular weight excluding hydrogens is 172 g/mol. The van der Waals surface area contributed by atoms with E-state index in [0.717, 1.165) is 11.4 Å². The maximum Gasteiger partial charge on any atom is 0.124 e. The molecule has 1 N–H and O–H groups in total. The zero-order chi connectivity index (χ0) is 8.55. The van der Waals surface area contributed by atoms with Crippen molar-refractivity contribution in [3.8, 4) is 0 Å². The molecule has 0 spiro atoms. The van der Waals surface area contributed by atoms with Gasteiger partial charge in [0.25, 0.3) is 0 Å². The molecule has 0 amide bonds. The molecule has 1 aliphatic carbocycles. The highest BCUT2D eigenvalue weighted by atomic mass is 35.5. The molecule has 1 heterocycles. The van der Waals surface area contributed by atoms with E-state index in [-0.39, 0.29) is 6.04 Å². The molecule has 0 aromatic rings. The molecule has 12 heavy (non-hydrogen) atoms. The Balaban J connectivity index is 2.38. The molecule has 3 heteroatoms. The highest BCUT2D eigenvalue weighted by Crippen LogP contribution is 2.17. The summed E-state index contributed by atoms with van der Waals surface area (Å²) < 4.78 is 0. The van der Waals surface area contributed by atoms with Crippen LogP contribution in [-0.4, -0.2) is 11.8 Å². The van der Waals surface area contributed by atoms with Crippen LogP contribution in [0.25, 0.3) is 0 Å². The fraction of sp³-hybridized carbons (Fsp3) is 0.222. The van der Waals surface area contributed by atoms with E-state index in [0.29, 0.717) is 5.16 Å². The minimum Gasteiger partial charge on any atom is -0.362 e. The van der Waals surface area contributed by atoms with Crippen molar-refractivity contribution in [1.82, 2.24) is 5.32 Å². The van der Waals surface area contributed by atoms with Crippen molar-refractivity contribution < 1.29 is 0 Å². The number of hydrogen-bond donors (Lipinski definition) is 1. The highest BCUT2D eigenvalue weighted by Gasteiger charge is 2.18. The zero-order valence-corrected chi connectivity index (χ0v) is 7.47. The molecule has 0 aromatic carbocycles. The van der Waals surface area contributed by atoms with Crippen LogP contribution in [0.2, 0.25) is 0 Å². The normalized spacial score (nSPS) is 26.5. The molecule has 0 radical (unpaired) electrons. The molecule has 0 aromatic heterocycles. The number of rotatable bonds is 0. The first kappa shape index (κ1) is 7.62. The first-order valence-electron chi connectivity index (χ1n) is 3.84. The summed E-state index contributed by atoms with van der Waals surface area (Å²) in [6, 6.07) is 0.159. The maximum atomic E-state index is 5.89. The van der Waals surface area contributed by atoms with Gasteiger partial charge in [-0.05, 0) is 13.0 Å². The SMILES string of the molecule is CC1=C(Cl)NC2C=CC=CC2=N1. The molecule has 0 saturated heterocycles. The average Bonchev–Trinajstić information content (AvgIpc) is 2.07. The second kappa shape index (κ2) is 2.79. The molecule has 0 fully saturated rings. The highest BCUT2D eigenvalue weighted by molar-refractivity contribution is 6.30. The van der Waals surface area contributed by atoms with Crippen LogP contribution in [0.4, 0.5) is 0 Å². The second-order valence-electron chi connectivity index (χ2n) is 2.80. The monoisotopic (exact) mass is 180 g/mol. The van der Waals surface area contributed by atoms with E-state index in [4.69, 9.17) is 11.6 Å². The van der Waals surface area contributed by atoms with Gasteiger partial charge in [-0.2, -0.15) is 0 Å². The van der Waals surface area contributed by atoms with E-state index in [2.05, 4.69) is 10.3 Å². The van der Waals surface area contributed by atoms with Gasteiger partial charge in [0.15, 0.2) is 0 Å². The Bertz CT molecular complexity index is 323. The van der Waals surface area contributed by atoms with Crippen LogP contribution in [0.15, 0.2) is 40.1 Å². The van der Waals surface area contributed by atoms with Gasteiger partial charge in [0.2, 0.25) is 0 Å². The Kier molecular flexibility index (Phi) is 1.77. The summed E-state index contributed by atoms with van der Waals surface area (Å²) in [4.78, 5) is 4.35. The van der Waals surface area contributed by atoms with Crippen molar-refractivity contribution >= 4 is 17.3 Å². The molecule has 1 aliphatic heterocycles. The summed E-state index contributed by atoms with van der Waals surface area (Å²) in [7, 11) is 0. The first-order valence-corrected chi connectivity index (χ1v) is 4.21. The standard InChI is InChI=1S/C9H9ClN2/c1-6-9(10)12-8-5-3-2-4-7(8)11-6/h2-5,8,12H,1H3. The van der Waals surface area contributed by atoms with Crippen molar-refractivity contribution in [3.05, 3.63) is 35.2 Å². The van der Waals surface area contributed by atoms with Gasteiger partial charge in [-0.15, -0.1) is 0 Å². The number of nitrogens with zero attached hydrogens (tertiary/aromatic N) is 1. The molecule has 62 valence electrons. The van der Waals surface area contributed by atoms with Crippen molar-refractivity contribution in [1.29, 1.82) is 0 Å². The fourth-order valence-electron chi connectivity index (χ4n) is 1.24. The van der Waals surface area contributed by atoms with Gasteiger partial charge < -0.3 is 5.32 Å². The Hall–Kier alpha value is -1.02. The van der Waals surface area contributed by atoms with Gasteiger partial charge in [0, 0.05) is 0 Å². The lowest BCUT2D eigenvalue weighted by Gasteiger charge is -2.22. The molecule has 2 nitrogen and oxygen atoms in total. The van der Waals surface area contributed by atoms with Crippen LogP contribution >= 0.6 is 11.6 Å². The molecule has 2 aliphatic rings. The number of allylic oxidation sites excluding steroid dienone is 3. The van der Waals surface area contributed by atoms with E-state index in [1.165, 1.54) is 0 Å². The topological polar surface area (TPSA) is 24.4 Å². The minimum absolute atomic E-state index is 0.159. The Morgan fingerprint density at radius 1 is 1.50 bits per heavy atom. The van der Waals surface area contributed by atoms with Crippen LogP contribution in [0.3, 0.4) is 0 Å². The van der Waals surface area contributed by atoms with Crippen molar-refractivity contribution in [2.24, 2.45) is 4.99 Å². The molecule has 1 atom stereocenters. The third kappa shape index (κ3) is 1.18. The van der Waals surface area contributed by atoms with Gasteiger partial charge in [-0.3, -0.25) is 4.99 Å². The van der Waals surface area contributed by atoms with Crippen LogP contribution in [0, 0.1) is 0 Å². The van der Waals surface area contributed by atoms with Crippen molar-refractivity contribution in [3.63, 3.8) is 0 Å². The number of hydrogen-bond acceptors (Lipinski definition) is 2. The van der Waals surface area contributed by atoms with Crippen LogP contribution < -0.4 is 5.32 Å². The van der Waals surface area contributed by atoms with Crippen molar-refractivity contribution in [2.75, 3.05) is 0 Å². The summed E-state index contributed by atoms with van der Waals surface area (Å²) >= 11 is 5.89. The minimum atomic E-state index is 0.159. The molecular formula is C9H9ClN2. The largest absolute Gasteiger partial charge is 0.362 e. The predicted octanol–water partition coefficient (Wildman–Crippen LogP) is 1.95. The Labute approximate surface area is 76.3 Å². The fourth-order valence-corrected chi connectivity index (χ4v) is 1.40. The smallest absolute Gasteiger partial charge is 0.124 e. The summed E-state index contributed by atoms with van der Waals surface area (Å²) in [5.41, 5.74) is 1.88. The lowest BCUT2D eigenvalue weighted by atomic mass is 10.1. The Morgan fingerprint density at radius 2 is 2.33 bits per heavy atom. The summed E-state index contributed by atoms with van der Waals surface area (Å²) in [6.45, 7) is 1.89. The van der Waals surface area contributed by atoms with Crippen LogP contribution in [0.1, 0.15) is 6.92 Å². The number of aliphatic imine (C=N–C) groups is 1. The predicted molar refractivity (Wildman–Crippen MR) is 51.2 cm³/mol. The van der Waals surface area contributed by atoms with Gasteiger partial charge in [0.05, 0.1) is 17.5 Å². The van der Waals surface area contributed by atoms with Gasteiger partial charge in [0.1, 0.15) is 5.16 Å². The van der Waals surface area contributed by atoms with E-state index < -0.39 is 0 Å². The zero-order valence-electron chi connectivity index (χ0n) is 6.71. The molecule has 1 unspecified atom stereocenters. The third-order valence-electron chi connectivity index (χ3n) is 1.90. The lowest BCUT2D eigenvalue weighted by Crippen LogP contribution is -2.36. The number of fused-ring (bicyclic) bond motifs is 1. The summed E-state index contributed by atoms with van der Waals surface area (Å²) in [5.74, 6) is 0. The van der Waals surface area contributed by atoms with Gasteiger partial charge >= 0.3 is 0 Å². The molecule has 0 saturated carbocycles. The van der Waals surface area contributed by atoms with Gasteiger partial charge in [-0.1, -0.05) is 29.8 Å². The lowest BCUT2D eigenvalue weighted by molar-refractivity contribution is 0.821. The summed E-state index contributed by atoms with van der Waals surface area (Å²) in [5, 5.41) is 3.79. The first-order chi connectivity index (χ1) is 5.77. The quantitative estimate of drug-likeness (QED) is 0.567.